The fourth-order valence-electron chi connectivity index (χ4n) is 2.32. The molecular formula is C12H13N3O3. The molecule has 2 rings (SSSR count). The normalized spacial score (nSPS) is 18.7. The first-order chi connectivity index (χ1) is 8.67. The Labute approximate surface area is 104 Å². The van der Waals surface area contributed by atoms with Gasteiger partial charge in [-0.2, -0.15) is 5.26 Å². The van der Waals surface area contributed by atoms with Crippen LogP contribution in [0.2, 0.25) is 0 Å². The van der Waals surface area contributed by atoms with Crippen molar-refractivity contribution < 1.29 is 10.0 Å². The molecule has 18 heavy (non-hydrogen) atoms. The van der Waals surface area contributed by atoms with Crippen LogP contribution in [-0.2, 0) is 0 Å². The van der Waals surface area contributed by atoms with Gasteiger partial charge in [0.25, 0.3) is 5.69 Å². The number of nitro benzene ring substituents is 1. The number of hydrogen-bond acceptors (Lipinski definition) is 5. The van der Waals surface area contributed by atoms with Gasteiger partial charge in [-0.15, -0.1) is 0 Å². The summed E-state index contributed by atoms with van der Waals surface area (Å²) in [5.74, 6) is 0. The number of anilines is 1. The van der Waals surface area contributed by atoms with Crippen LogP contribution in [-0.4, -0.2) is 29.2 Å². The summed E-state index contributed by atoms with van der Waals surface area (Å²) in [6.45, 7) is 0.791. The second-order valence-electron chi connectivity index (χ2n) is 4.24. The minimum absolute atomic E-state index is 0.00134. The number of rotatable bonds is 3. The van der Waals surface area contributed by atoms with Gasteiger partial charge in [-0.05, 0) is 18.9 Å². The topological polar surface area (TPSA) is 90.4 Å². The zero-order valence-corrected chi connectivity index (χ0v) is 9.74. The van der Waals surface area contributed by atoms with Crippen molar-refractivity contribution in [3.63, 3.8) is 0 Å². The molecule has 1 saturated heterocycles. The van der Waals surface area contributed by atoms with Crippen molar-refractivity contribution in [1.29, 1.82) is 5.26 Å². The molecule has 1 unspecified atom stereocenters. The van der Waals surface area contributed by atoms with Crippen molar-refractivity contribution in [3.8, 4) is 6.07 Å². The van der Waals surface area contributed by atoms with Crippen molar-refractivity contribution in [2.75, 3.05) is 18.1 Å². The number of nitro groups is 1. The highest BCUT2D eigenvalue weighted by molar-refractivity contribution is 5.63. The highest BCUT2D eigenvalue weighted by Crippen LogP contribution is 2.30. The number of benzene rings is 1. The van der Waals surface area contributed by atoms with Gasteiger partial charge in [0, 0.05) is 18.7 Å². The molecule has 0 saturated carbocycles. The molecule has 0 aliphatic carbocycles. The molecule has 1 atom stereocenters. The van der Waals surface area contributed by atoms with E-state index in [1.54, 1.807) is 6.07 Å². The van der Waals surface area contributed by atoms with Crippen molar-refractivity contribution in [2.24, 2.45) is 0 Å². The van der Waals surface area contributed by atoms with Crippen LogP contribution in [0.4, 0.5) is 11.4 Å². The summed E-state index contributed by atoms with van der Waals surface area (Å²) in [6.07, 6.45) is 1.82. The Balaban J connectivity index is 2.39. The maximum atomic E-state index is 10.7. The van der Waals surface area contributed by atoms with Gasteiger partial charge in [0.1, 0.15) is 6.07 Å². The number of hydrogen-bond donors (Lipinski definition) is 1. The summed E-state index contributed by atoms with van der Waals surface area (Å²) < 4.78 is 0. The van der Waals surface area contributed by atoms with Crippen LogP contribution < -0.4 is 4.90 Å². The molecule has 0 radical (unpaired) electrons. The Bertz CT molecular complexity index is 510. The Hall–Kier alpha value is -2.13. The monoisotopic (exact) mass is 247 g/mol. The molecule has 0 spiro atoms. The Morgan fingerprint density at radius 2 is 2.39 bits per heavy atom. The van der Waals surface area contributed by atoms with E-state index in [9.17, 15) is 15.2 Å². The van der Waals surface area contributed by atoms with Crippen LogP contribution in [0.25, 0.3) is 0 Å². The molecular weight excluding hydrogens is 234 g/mol. The Morgan fingerprint density at radius 1 is 1.61 bits per heavy atom. The van der Waals surface area contributed by atoms with E-state index in [4.69, 9.17) is 5.26 Å². The van der Waals surface area contributed by atoms with Crippen LogP contribution in [0, 0.1) is 21.4 Å². The molecule has 1 aliphatic rings. The lowest BCUT2D eigenvalue weighted by molar-refractivity contribution is -0.384. The number of non-ortho nitro benzene ring substituents is 1. The SMILES string of the molecule is N#Cc1cc([N+](=O)[O-])ccc1N1CCCC1CO. The van der Waals surface area contributed by atoms with Crippen LogP contribution in [0.1, 0.15) is 18.4 Å². The number of aliphatic hydroxyl groups is 1. The second kappa shape index (κ2) is 5.02. The van der Waals surface area contributed by atoms with E-state index in [1.165, 1.54) is 12.1 Å². The highest BCUT2D eigenvalue weighted by Gasteiger charge is 2.26. The van der Waals surface area contributed by atoms with E-state index in [0.29, 0.717) is 5.69 Å². The molecule has 1 aromatic rings. The lowest BCUT2D eigenvalue weighted by Gasteiger charge is -2.25. The summed E-state index contributed by atoms with van der Waals surface area (Å²) in [4.78, 5) is 12.1. The first-order valence-electron chi connectivity index (χ1n) is 5.73. The smallest absolute Gasteiger partial charge is 0.270 e. The Kier molecular flexibility index (Phi) is 3.44. The van der Waals surface area contributed by atoms with Gasteiger partial charge in [-0.25, -0.2) is 0 Å². The lowest BCUT2D eigenvalue weighted by atomic mass is 10.1. The first-order valence-corrected chi connectivity index (χ1v) is 5.73. The molecule has 0 aromatic heterocycles. The molecule has 0 bridgehead atoms. The number of aliphatic hydroxyl groups excluding tert-OH is 1. The van der Waals surface area contributed by atoms with Crippen LogP contribution in [0.5, 0.6) is 0 Å². The Morgan fingerprint density at radius 3 is 3.00 bits per heavy atom. The van der Waals surface area contributed by atoms with Gasteiger partial charge in [0.05, 0.1) is 28.8 Å². The minimum atomic E-state index is -0.516. The van der Waals surface area contributed by atoms with E-state index in [-0.39, 0.29) is 23.9 Å². The van der Waals surface area contributed by atoms with Crippen molar-refractivity contribution in [3.05, 3.63) is 33.9 Å². The van der Waals surface area contributed by atoms with Gasteiger partial charge < -0.3 is 10.0 Å². The molecule has 94 valence electrons. The predicted octanol–water partition coefficient (Wildman–Crippen LogP) is 1.43. The molecule has 1 aliphatic heterocycles. The van der Waals surface area contributed by atoms with E-state index in [0.717, 1.165) is 19.4 Å². The maximum Gasteiger partial charge on any atom is 0.270 e. The third kappa shape index (κ3) is 2.13. The second-order valence-corrected chi connectivity index (χ2v) is 4.24. The van der Waals surface area contributed by atoms with Crippen LogP contribution >= 0.6 is 0 Å². The van der Waals surface area contributed by atoms with Crippen molar-refractivity contribution in [1.82, 2.24) is 0 Å². The van der Waals surface area contributed by atoms with Crippen LogP contribution in [0.3, 0.4) is 0 Å². The standard InChI is InChI=1S/C12H13N3O3/c13-7-9-6-10(15(17)18)3-4-12(9)14-5-1-2-11(14)8-16/h3-4,6,11,16H,1-2,5,8H2. The van der Waals surface area contributed by atoms with Crippen molar-refractivity contribution in [2.45, 2.75) is 18.9 Å². The van der Waals surface area contributed by atoms with E-state index < -0.39 is 4.92 Å². The van der Waals surface area contributed by atoms with Crippen molar-refractivity contribution >= 4 is 11.4 Å². The fourth-order valence-corrected chi connectivity index (χ4v) is 2.32. The van der Waals surface area contributed by atoms with E-state index >= 15 is 0 Å². The van der Waals surface area contributed by atoms with E-state index in [1.807, 2.05) is 11.0 Å². The lowest BCUT2D eigenvalue weighted by Crippen LogP contribution is -2.32. The quantitative estimate of drug-likeness (QED) is 0.644. The summed E-state index contributed by atoms with van der Waals surface area (Å²) >= 11 is 0. The zero-order valence-electron chi connectivity index (χ0n) is 9.74. The highest BCUT2D eigenvalue weighted by atomic mass is 16.6. The van der Waals surface area contributed by atoms with Crippen LogP contribution in [0.15, 0.2) is 18.2 Å². The minimum Gasteiger partial charge on any atom is -0.394 e. The molecule has 1 aromatic carbocycles. The molecule has 6 nitrogen and oxygen atoms in total. The molecule has 1 fully saturated rings. The van der Waals surface area contributed by atoms with Gasteiger partial charge in [-0.1, -0.05) is 0 Å². The fraction of sp³-hybridized carbons (Fsp3) is 0.417. The average Bonchev–Trinajstić information content (AvgIpc) is 2.85. The van der Waals surface area contributed by atoms with Gasteiger partial charge in [-0.3, -0.25) is 10.1 Å². The summed E-state index contributed by atoms with van der Waals surface area (Å²) in [5, 5.41) is 29.0. The van der Waals surface area contributed by atoms with E-state index in [2.05, 4.69) is 0 Å². The predicted molar refractivity (Wildman–Crippen MR) is 65.3 cm³/mol. The van der Waals surface area contributed by atoms with Gasteiger partial charge >= 0.3 is 0 Å². The largest absolute Gasteiger partial charge is 0.394 e. The summed E-state index contributed by atoms with van der Waals surface area (Å²) in [6, 6.07) is 6.24. The zero-order chi connectivity index (χ0) is 13.1. The maximum absolute atomic E-state index is 10.7. The molecule has 0 amide bonds. The summed E-state index contributed by atoms with van der Waals surface area (Å²) in [7, 11) is 0. The summed E-state index contributed by atoms with van der Waals surface area (Å²) in [5.41, 5.74) is 0.860. The van der Waals surface area contributed by atoms with Gasteiger partial charge in [0.2, 0.25) is 0 Å². The number of nitrogens with zero attached hydrogens (tertiary/aromatic N) is 3. The third-order valence-corrected chi connectivity index (χ3v) is 3.21. The van der Waals surface area contributed by atoms with Gasteiger partial charge in [0.15, 0.2) is 0 Å². The molecule has 1 heterocycles. The molecule has 6 heteroatoms. The third-order valence-electron chi connectivity index (χ3n) is 3.21. The number of nitriles is 1. The first kappa shape index (κ1) is 12.3. The average molecular weight is 247 g/mol. The molecule has 1 N–H and O–H groups in total.